The summed E-state index contributed by atoms with van der Waals surface area (Å²) in [5.74, 6) is -0.0416. The number of benzene rings is 2. The van der Waals surface area contributed by atoms with Gasteiger partial charge in [-0.2, -0.15) is 0 Å². The van der Waals surface area contributed by atoms with Crippen molar-refractivity contribution in [1.82, 2.24) is 10.3 Å². The molecule has 0 radical (unpaired) electrons. The summed E-state index contributed by atoms with van der Waals surface area (Å²) >= 11 is 7.60. The Morgan fingerprint density at radius 2 is 1.76 bits per heavy atom. The third-order valence-electron chi connectivity index (χ3n) is 3.94. The number of carbonyl (C=O) groups is 1. The average molecular weight is 371 g/mol. The molecule has 0 aliphatic carbocycles. The molecule has 3 aromatic rings. The van der Waals surface area contributed by atoms with E-state index in [-0.39, 0.29) is 5.91 Å². The highest BCUT2D eigenvalue weighted by Crippen LogP contribution is 2.28. The molecule has 0 spiro atoms. The summed E-state index contributed by atoms with van der Waals surface area (Å²) in [4.78, 5) is 18.0. The minimum atomic E-state index is -0.0416. The van der Waals surface area contributed by atoms with Crippen molar-refractivity contribution in [3.8, 4) is 10.6 Å². The van der Waals surface area contributed by atoms with E-state index >= 15 is 0 Å². The largest absolute Gasteiger partial charge is 0.352 e. The van der Waals surface area contributed by atoms with Crippen LogP contribution in [0.1, 0.15) is 26.5 Å². The van der Waals surface area contributed by atoms with Gasteiger partial charge in [-0.05, 0) is 38.1 Å². The van der Waals surface area contributed by atoms with Crippen LogP contribution < -0.4 is 5.32 Å². The lowest BCUT2D eigenvalue weighted by molar-refractivity contribution is 0.0954. The Bertz CT molecular complexity index is 870. The monoisotopic (exact) mass is 370 g/mol. The van der Waals surface area contributed by atoms with E-state index in [9.17, 15) is 4.79 Å². The van der Waals surface area contributed by atoms with Crippen molar-refractivity contribution >= 4 is 28.8 Å². The van der Waals surface area contributed by atoms with Crippen LogP contribution >= 0.6 is 22.9 Å². The van der Waals surface area contributed by atoms with E-state index in [2.05, 4.69) is 10.3 Å². The number of hydrogen-bond donors (Lipinski definition) is 1. The summed E-state index contributed by atoms with van der Waals surface area (Å²) in [7, 11) is 0. The summed E-state index contributed by atoms with van der Waals surface area (Å²) in [5.41, 5.74) is 3.91. The van der Waals surface area contributed by atoms with Crippen LogP contribution in [0.2, 0.25) is 5.02 Å². The predicted octanol–water partition coefficient (Wildman–Crippen LogP) is 5.05. The molecule has 0 aliphatic heterocycles. The molecule has 3 nitrogen and oxygen atoms in total. The second-order valence-electron chi connectivity index (χ2n) is 5.91. The van der Waals surface area contributed by atoms with Crippen LogP contribution in [-0.4, -0.2) is 17.4 Å². The number of thiazole rings is 1. The molecule has 1 aromatic heterocycles. The number of nitrogens with one attached hydrogen (secondary N) is 1. The van der Waals surface area contributed by atoms with Crippen molar-refractivity contribution in [2.45, 2.75) is 20.3 Å². The zero-order valence-corrected chi connectivity index (χ0v) is 15.7. The van der Waals surface area contributed by atoms with Crippen molar-refractivity contribution in [3.63, 3.8) is 0 Å². The zero-order chi connectivity index (χ0) is 17.8. The molecule has 2 aromatic carbocycles. The predicted molar refractivity (Wildman–Crippen MR) is 105 cm³/mol. The number of halogens is 1. The molecule has 1 N–H and O–H groups in total. The number of nitrogens with zero attached hydrogens (tertiary/aromatic N) is 1. The maximum atomic E-state index is 12.2. The molecule has 0 fully saturated rings. The second kappa shape index (κ2) is 7.81. The number of aromatic nitrogens is 1. The normalized spacial score (nSPS) is 10.7. The Morgan fingerprint density at radius 1 is 1.08 bits per heavy atom. The third kappa shape index (κ3) is 4.47. The van der Waals surface area contributed by atoms with Gasteiger partial charge in [0, 0.05) is 34.0 Å². The summed E-state index contributed by atoms with van der Waals surface area (Å²) in [5, 5.41) is 4.67. The standard InChI is InChI=1S/C20H19ClN2OS/c1-13-3-5-15(6-4-13)19(24)22-12-11-18-14(2)23-20(25-18)16-7-9-17(21)10-8-16/h3-10H,11-12H2,1-2H3,(H,22,24). The first kappa shape index (κ1) is 17.6. The SMILES string of the molecule is Cc1ccc(C(=O)NCCc2sc(-c3ccc(Cl)cc3)nc2C)cc1. The first-order chi connectivity index (χ1) is 12.0. The highest BCUT2D eigenvalue weighted by Gasteiger charge is 2.10. The molecular formula is C20H19ClN2OS. The van der Waals surface area contributed by atoms with Gasteiger partial charge in [-0.15, -0.1) is 11.3 Å². The highest BCUT2D eigenvalue weighted by molar-refractivity contribution is 7.15. The van der Waals surface area contributed by atoms with Crippen molar-refractivity contribution in [1.29, 1.82) is 0 Å². The van der Waals surface area contributed by atoms with E-state index in [0.717, 1.165) is 33.3 Å². The maximum Gasteiger partial charge on any atom is 0.251 e. The van der Waals surface area contributed by atoms with Gasteiger partial charge in [0.25, 0.3) is 5.91 Å². The van der Waals surface area contributed by atoms with Crippen LogP contribution in [0.4, 0.5) is 0 Å². The van der Waals surface area contributed by atoms with Crippen LogP contribution in [0.5, 0.6) is 0 Å². The van der Waals surface area contributed by atoms with E-state index in [4.69, 9.17) is 11.6 Å². The Labute approximate surface area is 156 Å². The van der Waals surface area contributed by atoms with Crippen molar-refractivity contribution in [2.75, 3.05) is 6.54 Å². The van der Waals surface area contributed by atoms with Gasteiger partial charge in [0.05, 0.1) is 5.69 Å². The zero-order valence-electron chi connectivity index (χ0n) is 14.2. The fraction of sp³-hybridized carbons (Fsp3) is 0.200. The summed E-state index contributed by atoms with van der Waals surface area (Å²) in [6.07, 6.45) is 0.773. The minimum absolute atomic E-state index is 0.0416. The van der Waals surface area contributed by atoms with Crippen LogP contribution in [0.25, 0.3) is 10.6 Å². The van der Waals surface area contributed by atoms with E-state index in [1.807, 2.05) is 62.4 Å². The molecule has 0 bridgehead atoms. The van der Waals surface area contributed by atoms with Crippen molar-refractivity contribution in [3.05, 3.63) is 75.3 Å². The van der Waals surface area contributed by atoms with Gasteiger partial charge in [0.1, 0.15) is 5.01 Å². The minimum Gasteiger partial charge on any atom is -0.352 e. The smallest absolute Gasteiger partial charge is 0.251 e. The Hall–Kier alpha value is -2.17. The summed E-state index contributed by atoms with van der Waals surface area (Å²) in [6, 6.07) is 15.3. The fourth-order valence-corrected chi connectivity index (χ4v) is 3.67. The molecule has 0 atom stereocenters. The summed E-state index contributed by atoms with van der Waals surface area (Å²) in [6.45, 7) is 4.61. The lowest BCUT2D eigenvalue weighted by atomic mass is 10.1. The number of aryl methyl sites for hydroxylation is 2. The molecule has 1 amide bonds. The van der Waals surface area contributed by atoms with Crippen LogP contribution in [0.3, 0.4) is 0 Å². The fourth-order valence-electron chi connectivity index (χ4n) is 2.47. The van der Waals surface area contributed by atoms with Gasteiger partial charge in [-0.3, -0.25) is 4.79 Å². The molecule has 5 heteroatoms. The molecule has 128 valence electrons. The average Bonchev–Trinajstić information content (AvgIpc) is 2.97. The molecular weight excluding hydrogens is 352 g/mol. The quantitative estimate of drug-likeness (QED) is 0.682. The van der Waals surface area contributed by atoms with Crippen molar-refractivity contribution < 1.29 is 4.79 Å². The van der Waals surface area contributed by atoms with Crippen LogP contribution in [0.15, 0.2) is 48.5 Å². The lowest BCUT2D eigenvalue weighted by Gasteiger charge is -2.05. The van der Waals surface area contributed by atoms with Crippen LogP contribution in [-0.2, 0) is 6.42 Å². The van der Waals surface area contributed by atoms with Gasteiger partial charge in [0.2, 0.25) is 0 Å². The van der Waals surface area contributed by atoms with Gasteiger partial charge < -0.3 is 5.32 Å². The van der Waals surface area contributed by atoms with Gasteiger partial charge in [-0.1, -0.05) is 41.4 Å². The third-order valence-corrected chi connectivity index (χ3v) is 5.45. The van der Waals surface area contributed by atoms with Gasteiger partial charge >= 0.3 is 0 Å². The van der Waals surface area contributed by atoms with E-state index in [0.29, 0.717) is 12.1 Å². The first-order valence-electron chi connectivity index (χ1n) is 8.10. The number of carbonyl (C=O) groups excluding carboxylic acids is 1. The van der Waals surface area contributed by atoms with Crippen LogP contribution in [0, 0.1) is 13.8 Å². The molecule has 0 aliphatic rings. The Morgan fingerprint density at radius 3 is 2.44 bits per heavy atom. The maximum absolute atomic E-state index is 12.2. The molecule has 0 unspecified atom stereocenters. The number of amides is 1. The van der Waals surface area contributed by atoms with E-state index < -0.39 is 0 Å². The number of rotatable bonds is 5. The van der Waals surface area contributed by atoms with Gasteiger partial charge in [-0.25, -0.2) is 4.98 Å². The molecule has 0 saturated heterocycles. The van der Waals surface area contributed by atoms with E-state index in [1.54, 1.807) is 11.3 Å². The highest BCUT2D eigenvalue weighted by atomic mass is 35.5. The van der Waals surface area contributed by atoms with E-state index in [1.165, 1.54) is 4.88 Å². The Kier molecular flexibility index (Phi) is 5.51. The molecule has 1 heterocycles. The topological polar surface area (TPSA) is 42.0 Å². The molecule has 0 saturated carbocycles. The van der Waals surface area contributed by atoms with Crippen molar-refractivity contribution in [2.24, 2.45) is 0 Å². The Balaban J connectivity index is 1.61. The lowest BCUT2D eigenvalue weighted by Crippen LogP contribution is -2.25. The number of hydrogen-bond acceptors (Lipinski definition) is 3. The molecule has 25 heavy (non-hydrogen) atoms. The van der Waals surface area contributed by atoms with Gasteiger partial charge in [0.15, 0.2) is 0 Å². The molecule has 3 rings (SSSR count). The second-order valence-corrected chi connectivity index (χ2v) is 7.43. The summed E-state index contributed by atoms with van der Waals surface area (Å²) < 4.78 is 0. The first-order valence-corrected chi connectivity index (χ1v) is 9.29.